The van der Waals surface area contributed by atoms with Gasteiger partial charge in [-0.05, 0) is 54.8 Å². The van der Waals surface area contributed by atoms with Crippen molar-refractivity contribution in [3.05, 3.63) is 59.7 Å². The first-order valence-electron chi connectivity index (χ1n) is 11.2. The fourth-order valence-electron chi connectivity index (χ4n) is 3.35. The summed E-state index contributed by atoms with van der Waals surface area (Å²) in [5.74, 6) is 0.0385. The molecule has 31 heavy (non-hydrogen) atoms. The Kier molecular flexibility index (Phi) is 10.4. The smallest absolute Gasteiger partial charge is 0.385 e. The summed E-state index contributed by atoms with van der Waals surface area (Å²) in [4.78, 5) is 12.1. The Balaban J connectivity index is 1.64. The third-order valence-corrected chi connectivity index (χ3v) is 5.20. The molecule has 2 aromatic carbocycles. The molecule has 0 aromatic heterocycles. The van der Waals surface area contributed by atoms with Gasteiger partial charge in [-0.3, -0.25) is 4.79 Å². The van der Waals surface area contributed by atoms with Gasteiger partial charge in [0.15, 0.2) is 0 Å². The number of halogens is 3. The highest BCUT2D eigenvalue weighted by Crippen LogP contribution is 2.29. The molecule has 0 saturated carbocycles. The van der Waals surface area contributed by atoms with Gasteiger partial charge < -0.3 is 10.6 Å². The Bertz CT molecular complexity index is 771. The van der Waals surface area contributed by atoms with Crippen LogP contribution in [0.3, 0.4) is 0 Å². The van der Waals surface area contributed by atoms with Crippen LogP contribution < -0.4 is 10.6 Å². The van der Waals surface area contributed by atoms with Crippen LogP contribution in [0, 0.1) is 0 Å². The van der Waals surface area contributed by atoms with Crippen LogP contribution in [0.4, 0.5) is 24.5 Å². The average Bonchev–Trinajstić information content (AvgIpc) is 2.74. The second kappa shape index (κ2) is 13.0. The van der Waals surface area contributed by atoms with Gasteiger partial charge in [-0.15, -0.1) is 0 Å². The zero-order chi connectivity index (χ0) is 22.5. The van der Waals surface area contributed by atoms with Crippen molar-refractivity contribution in [2.75, 3.05) is 17.2 Å². The lowest BCUT2D eigenvalue weighted by Gasteiger charge is -2.10. The normalized spacial score (nSPS) is 11.4. The fraction of sp³-hybridized carbons (Fsp3) is 0.480. The molecule has 0 heterocycles. The number of unbranched alkanes of at least 4 members (excludes halogenated alkanes) is 6. The second-order valence-corrected chi connectivity index (χ2v) is 7.87. The molecule has 0 bridgehead atoms. The van der Waals surface area contributed by atoms with E-state index in [1.807, 2.05) is 24.3 Å². The molecule has 170 valence electrons. The number of rotatable bonds is 13. The summed E-state index contributed by atoms with van der Waals surface area (Å²) < 4.78 is 37.8. The van der Waals surface area contributed by atoms with Crippen LogP contribution >= 0.6 is 0 Å². The highest BCUT2D eigenvalue weighted by atomic mass is 19.4. The molecule has 2 aromatic rings. The van der Waals surface area contributed by atoms with Gasteiger partial charge in [0.1, 0.15) is 0 Å². The van der Waals surface area contributed by atoms with Gasteiger partial charge >= 0.3 is 6.18 Å². The van der Waals surface area contributed by atoms with Crippen molar-refractivity contribution < 1.29 is 18.0 Å². The minimum absolute atomic E-state index is 0.0385. The molecule has 0 atom stereocenters. The van der Waals surface area contributed by atoms with E-state index in [2.05, 4.69) is 17.6 Å². The minimum Gasteiger partial charge on any atom is -0.385 e. The van der Waals surface area contributed by atoms with Crippen molar-refractivity contribution in [3.63, 3.8) is 0 Å². The van der Waals surface area contributed by atoms with Gasteiger partial charge in [-0.2, -0.15) is 13.2 Å². The van der Waals surface area contributed by atoms with Crippen LogP contribution in [0.1, 0.15) is 69.4 Å². The van der Waals surface area contributed by atoms with Gasteiger partial charge in [0.2, 0.25) is 5.91 Å². The summed E-state index contributed by atoms with van der Waals surface area (Å²) in [6.07, 6.45) is 5.14. The first-order valence-corrected chi connectivity index (χ1v) is 11.2. The maximum absolute atomic E-state index is 12.6. The van der Waals surface area contributed by atoms with E-state index in [-0.39, 0.29) is 5.91 Å². The van der Waals surface area contributed by atoms with Gasteiger partial charge in [0, 0.05) is 24.3 Å². The third kappa shape index (κ3) is 9.90. The number of benzene rings is 2. The van der Waals surface area contributed by atoms with E-state index in [0.29, 0.717) is 19.4 Å². The summed E-state index contributed by atoms with van der Waals surface area (Å²) in [6, 6.07) is 12.7. The molecular weight excluding hydrogens is 401 g/mol. The number of nitrogens with one attached hydrogen (secondary N) is 2. The number of alkyl halides is 3. The Morgan fingerprint density at radius 1 is 0.806 bits per heavy atom. The highest BCUT2D eigenvalue weighted by molar-refractivity contribution is 5.90. The van der Waals surface area contributed by atoms with E-state index in [9.17, 15) is 18.0 Å². The zero-order valence-corrected chi connectivity index (χ0v) is 18.2. The Labute approximate surface area is 183 Å². The second-order valence-electron chi connectivity index (χ2n) is 7.87. The number of amides is 1. The molecular formula is C25H33F3N2O. The standard InChI is InChI=1S/C25H33F3N2O/c1-2-3-4-5-6-7-8-9-24(31)30-23-16-14-22(15-17-23)29-19-18-20-10-12-21(13-11-20)25(26,27)28/h10-17,29H,2-9,18-19H2,1H3,(H,30,31). The van der Waals surface area contributed by atoms with Gasteiger partial charge in [-0.25, -0.2) is 0 Å². The van der Waals surface area contributed by atoms with Crippen LogP contribution in [0.2, 0.25) is 0 Å². The molecule has 0 radical (unpaired) electrons. The quantitative estimate of drug-likeness (QED) is 0.322. The molecule has 0 spiro atoms. The van der Waals surface area contributed by atoms with Crippen LogP contribution in [0.5, 0.6) is 0 Å². The molecule has 0 fully saturated rings. The van der Waals surface area contributed by atoms with Crippen LogP contribution in [0.15, 0.2) is 48.5 Å². The molecule has 0 aliphatic heterocycles. The Morgan fingerprint density at radius 3 is 2.00 bits per heavy atom. The monoisotopic (exact) mass is 434 g/mol. The van der Waals surface area contributed by atoms with Gasteiger partial charge in [0.25, 0.3) is 0 Å². The molecule has 0 saturated heterocycles. The topological polar surface area (TPSA) is 41.1 Å². The third-order valence-electron chi connectivity index (χ3n) is 5.20. The molecule has 0 aliphatic carbocycles. The SMILES string of the molecule is CCCCCCCCCC(=O)Nc1ccc(NCCc2ccc(C(F)(F)F)cc2)cc1. The van der Waals surface area contributed by atoms with Crippen molar-refractivity contribution in [1.82, 2.24) is 0 Å². The largest absolute Gasteiger partial charge is 0.416 e. The number of anilines is 2. The van der Waals surface area contributed by atoms with Crippen molar-refractivity contribution in [2.24, 2.45) is 0 Å². The molecule has 2 rings (SSSR count). The average molecular weight is 435 g/mol. The molecule has 1 amide bonds. The van der Waals surface area contributed by atoms with Crippen molar-refractivity contribution in [2.45, 2.75) is 70.9 Å². The van der Waals surface area contributed by atoms with Crippen molar-refractivity contribution in [1.29, 1.82) is 0 Å². The van der Waals surface area contributed by atoms with Gasteiger partial charge in [-0.1, -0.05) is 57.6 Å². The van der Waals surface area contributed by atoms with Crippen LogP contribution in [-0.4, -0.2) is 12.5 Å². The zero-order valence-electron chi connectivity index (χ0n) is 18.2. The maximum Gasteiger partial charge on any atom is 0.416 e. The summed E-state index contributed by atoms with van der Waals surface area (Å²) >= 11 is 0. The maximum atomic E-state index is 12.6. The van der Waals surface area contributed by atoms with Crippen molar-refractivity contribution in [3.8, 4) is 0 Å². The lowest BCUT2D eigenvalue weighted by molar-refractivity contribution is -0.137. The minimum atomic E-state index is -4.30. The van der Waals surface area contributed by atoms with E-state index < -0.39 is 11.7 Å². The lowest BCUT2D eigenvalue weighted by Crippen LogP contribution is -2.11. The Hall–Kier alpha value is -2.50. The van der Waals surface area contributed by atoms with E-state index in [0.717, 1.165) is 41.9 Å². The van der Waals surface area contributed by atoms with Crippen molar-refractivity contribution >= 4 is 17.3 Å². The Morgan fingerprint density at radius 2 is 1.39 bits per heavy atom. The van der Waals surface area contributed by atoms with Crippen LogP contribution in [-0.2, 0) is 17.4 Å². The highest BCUT2D eigenvalue weighted by Gasteiger charge is 2.29. The lowest BCUT2D eigenvalue weighted by atomic mass is 10.1. The van der Waals surface area contributed by atoms with Gasteiger partial charge in [0.05, 0.1) is 5.56 Å². The predicted octanol–water partition coefficient (Wildman–Crippen LogP) is 7.44. The number of carbonyl (C=O) groups is 1. The summed E-state index contributed by atoms with van der Waals surface area (Å²) in [5.41, 5.74) is 1.88. The first kappa shape index (κ1) is 24.8. The number of hydrogen-bond donors (Lipinski definition) is 2. The van der Waals surface area contributed by atoms with Crippen LogP contribution in [0.25, 0.3) is 0 Å². The molecule has 0 aliphatic rings. The number of carbonyl (C=O) groups excluding carboxylic acids is 1. The van der Waals surface area contributed by atoms with E-state index in [1.165, 1.54) is 44.2 Å². The molecule has 2 N–H and O–H groups in total. The molecule has 0 unspecified atom stereocenters. The summed E-state index contributed by atoms with van der Waals surface area (Å²) in [5, 5.41) is 6.17. The molecule has 6 heteroatoms. The predicted molar refractivity (Wildman–Crippen MR) is 121 cm³/mol. The first-order chi connectivity index (χ1) is 14.9. The fourth-order valence-corrected chi connectivity index (χ4v) is 3.35. The molecule has 3 nitrogen and oxygen atoms in total. The van der Waals surface area contributed by atoms with E-state index in [1.54, 1.807) is 0 Å². The van der Waals surface area contributed by atoms with E-state index >= 15 is 0 Å². The number of hydrogen-bond acceptors (Lipinski definition) is 2. The summed E-state index contributed by atoms with van der Waals surface area (Å²) in [7, 11) is 0. The summed E-state index contributed by atoms with van der Waals surface area (Å²) in [6.45, 7) is 2.81. The van der Waals surface area contributed by atoms with E-state index in [4.69, 9.17) is 0 Å².